The molecule has 1 unspecified atom stereocenters. The molecular formula is C10H6N2O2S. The van der Waals surface area contributed by atoms with E-state index in [0.717, 1.165) is 10.9 Å². The van der Waals surface area contributed by atoms with E-state index >= 15 is 0 Å². The molecule has 0 saturated heterocycles. The fraction of sp³-hybridized carbons (Fsp3) is 0. The number of nitrogens with zero attached hydrogens (tertiary/aromatic N) is 1. The maximum atomic E-state index is 11.5. The van der Waals surface area contributed by atoms with E-state index in [4.69, 9.17) is 0 Å². The van der Waals surface area contributed by atoms with Gasteiger partial charge in [-0.15, -0.1) is 0 Å². The van der Waals surface area contributed by atoms with Crippen molar-refractivity contribution in [2.75, 3.05) is 5.32 Å². The molecule has 1 atom stereocenters. The van der Waals surface area contributed by atoms with Gasteiger partial charge in [0.25, 0.3) is 0 Å². The van der Waals surface area contributed by atoms with Gasteiger partial charge < -0.3 is 5.32 Å². The Hall–Kier alpha value is -1.75. The molecule has 3 rings (SSSR count). The summed E-state index contributed by atoms with van der Waals surface area (Å²) in [7, 11) is -1.59. The van der Waals surface area contributed by atoms with Gasteiger partial charge in [-0.2, -0.15) is 0 Å². The van der Waals surface area contributed by atoms with Gasteiger partial charge in [-0.1, -0.05) is 6.07 Å². The van der Waals surface area contributed by atoms with Gasteiger partial charge in [-0.3, -0.25) is 9.78 Å². The molecule has 0 aliphatic carbocycles. The Morgan fingerprint density at radius 2 is 2.20 bits per heavy atom. The van der Waals surface area contributed by atoms with Crippen molar-refractivity contribution in [1.82, 2.24) is 4.98 Å². The van der Waals surface area contributed by atoms with Gasteiger partial charge in [0.2, 0.25) is 0 Å². The minimum Gasteiger partial charge on any atom is -0.313 e. The van der Waals surface area contributed by atoms with E-state index in [1.54, 1.807) is 18.3 Å². The molecule has 74 valence electrons. The largest absolute Gasteiger partial charge is 0.318 e. The van der Waals surface area contributed by atoms with E-state index in [2.05, 4.69) is 10.3 Å². The summed E-state index contributed by atoms with van der Waals surface area (Å²) in [6.07, 6.45) is 1.67. The van der Waals surface area contributed by atoms with Gasteiger partial charge >= 0.3 is 5.24 Å². The molecule has 1 amide bonds. The van der Waals surface area contributed by atoms with Gasteiger partial charge in [0.1, 0.15) is 10.8 Å². The highest BCUT2D eigenvalue weighted by atomic mass is 32.2. The summed E-state index contributed by atoms with van der Waals surface area (Å²) >= 11 is 0. The van der Waals surface area contributed by atoms with Crippen LogP contribution in [0.25, 0.3) is 10.9 Å². The van der Waals surface area contributed by atoms with Gasteiger partial charge in [-0.25, -0.2) is 4.21 Å². The van der Waals surface area contributed by atoms with Crippen LogP contribution in [0.2, 0.25) is 0 Å². The molecule has 0 saturated carbocycles. The minimum absolute atomic E-state index is 0.458. The first-order valence-electron chi connectivity index (χ1n) is 4.37. The quantitative estimate of drug-likeness (QED) is 0.734. The number of rotatable bonds is 0. The van der Waals surface area contributed by atoms with Crippen LogP contribution >= 0.6 is 0 Å². The summed E-state index contributed by atoms with van der Waals surface area (Å²) in [5.41, 5.74) is 1.37. The zero-order valence-electron chi connectivity index (χ0n) is 7.56. The average molecular weight is 218 g/mol. The zero-order valence-corrected chi connectivity index (χ0v) is 8.38. The van der Waals surface area contributed by atoms with Crippen LogP contribution in [-0.4, -0.2) is 14.4 Å². The molecule has 2 aromatic rings. The van der Waals surface area contributed by atoms with Crippen molar-refractivity contribution in [3.05, 3.63) is 30.5 Å². The van der Waals surface area contributed by atoms with Crippen LogP contribution in [-0.2, 0) is 10.8 Å². The minimum atomic E-state index is -1.59. The lowest BCUT2D eigenvalue weighted by atomic mass is 10.2. The molecule has 15 heavy (non-hydrogen) atoms. The summed E-state index contributed by atoms with van der Waals surface area (Å²) < 4.78 is 11.5. The van der Waals surface area contributed by atoms with Crippen LogP contribution in [0.1, 0.15) is 0 Å². The number of hydrogen-bond acceptors (Lipinski definition) is 3. The van der Waals surface area contributed by atoms with Crippen LogP contribution in [0.3, 0.4) is 0 Å². The second-order valence-electron chi connectivity index (χ2n) is 3.23. The summed E-state index contributed by atoms with van der Waals surface area (Å²) in [6, 6.07) is 7.21. The highest BCUT2D eigenvalue weighted by Gasteiger charge is 2.26. The van der Waals surface area contributed by atoms with Crippen molar-refractivity contribution in [1.29, 1.82) is 0 Å². The number of benzene rings is 1. The Labute approximate surface area is 87.8 Å². The Morgan fingerprint density at radius 1 is 1.33 bits per heavy atom. The predicted octanol–water partition coefficient (Wildman–Crippen LogP) is 1.89. The van der Waals surface area contributed by atoms with E-state index in [1.165, 1.54) is 0 Å². The van der Waals surface area contributed by atoms with Crippen LogP contribution in [0.5, 0.6) is 0 Å². The number of carbonyl (C=O) groups is 1. The number of aromatic nitrogens is 1. The predicted molar refractivity (Wildman–Crippen MR) is 57.2 cm³/mol. The van der Waals surface area contributed by atoms with Crippen molar-refractivity contribution in [3.8, 4) is 0 Å². The number of amides is 1. The second-order valence-corrected chi connectivity index (χ2v) is 4.57. The normalized spacial score (nSPS) is 18.9. The zero-order chi connectivity index (χ0) is 10.4. The molecule has 2 heterocycles. The average Bonchev–Trinajstić information content (AvgIpc) is 2.52. The Balaban J connectivity index is 2.36. The second kappa shape index (κ2) is 2.87. The smallest absolute Gasteiger partial charge is 0.313 e. The molecule has 1 aliphatic rings. The lowest BCUT2D eigenvalue weighted by Gasteiger charge is -1.99. The molecule has 0 radical (unpaired) electrons. The third-order valence-corrected chi connectivity index (χ3v) is 3.49. The number of anilines is 1. The molecule has 4 nitrogen and oxygen atoms in total. The summed E-state index contributed by atoms with van der Waals surface area (Å²) in [4.78, 5) is 15.8. The van der Waals surface area contributed by atoms with Crippen LogP contribution in [0.15, 0.2) is 35.4 Å². The highest BCUT2D eigenvalue weighted by Crippen LogP contribution is 2.30. The third kappa shape index (κ3) is 1.16. The number of hydrogen-bond donors (Lipinski definition) is 1. The first-order valence-corrected chi connectivity index (χ1v) is 5.52. The molecule has 0 spiro atoms. The highest BCUT2D eigenvalue weighted by molar-refractivity contribution is 8.01. The van der Waals surface area contributed by atoms with E-state index in [-0.39, 0.29) is 0 Å². The van der Waals surface area contributed by atoms with Gasteiger partial charge in [-0.05, 0) is 18.2 Å². The Kier molecular flexibility index (Phi) is 1.63. The first kappa shape index (κ1) is 8.55. The topological polar surface area (TPSA) is 59.1 Å². The van der Waals surface area contributed by atoms with E-state index < -0.39 is 16.0 Å². The van der Waals surface area contributed by atoms with Crippen molar-refractivity contribution in [2.24, 2.45) is 0 Å². The summed E-state index contributed by atoms with van der Waals surface area (Å²) in [5.74, 6) is 0. The standard InChI is InChI=1S/C10H6N2O2S/c13-10-12-8-4-6-2-1-3-11-7(6)5-9(8)15(10)14/h1-5H,(H,12,13). The Bertz CT molecular complexity index is 609. The molecule has 5 heteroatoms. The van der Waals surface area contributed by atoms with E-state index in [1.807, 2.05) is 12.1 Å². The molecule has 0 fully saturated rings. The fourth-order valence-electron chi connectivity index (χ4n) is 1.61. The number of pyridine rings is 1. The lowest BCUT2D eigenvalue weighted by molar-refractivity contribution is 0.269. The summed E-state index contributed by atoms with van der Waals surface area (Å²) in [6.45, 7) is 0. The maximum Gasteiger partial charge on any atom is 0.318 e. The Morgan fingerprint density at radius 3 is 3.07 bits per heavy atom. The monoisotopic (exact) mass is 218 g/mol. The number of carbonyl (C=O) groups excluding carboxylic acids is 1. The molecule has 0 bridgehead atoms. The van der Waals surface area contributed by atoms with Crippen molar-refractivity contribution >= 4 is 32.6 Å². The number of nitrogens with one attached hydrogen (secondary N) is 1. The molecule has 1 aromatic carbocycles. The van der Waals surface area contributed by atoms with Gasteiger partial charge in [0, 0.05) is 11.6 Å². The van der Waals surface area contributed by atoms with Gasteiger partial charge in [0.05, 0.1) is 16.1 Å². The first-order chi connectivity index (χ1) is 7.25. The van der Waals surface area contributed by atoms with Crippen LogP contribution < -0.4 is 5.32 Å². The third-order valence-electron chi connectivity index (χ3n) is 2.31. The van der Waals surface area contributed by atoms with E-state index in [9.17, 15) is 9.00 Å². The van der Waals surface area contributed by atoms with Crippen molar-refractivity contribution < 1.29 is 9.00 Å². The molecule has 1 aliphatic heterocycles. The van der Waals surface area contributed by atoms with Crippen LogP contribution in [0.4, 0.5) is 10.5 Å². The lowest BCUT2D eigenvalue weighted by Crippen LogP contribution is -2.04. The SMILES string of the molecule is O=C1Nc2cc3cccnc3cc2S1=O. The summed E-state index contributed by atoms with van der Waals surface area (Å²) in [5, 5.41) is 3.04. The maximum absolute atomic E-state index is 11.5. The van der Waals surface area contributed by atoms with Gasteiger partial charge in [0.15, 0.2) is 0 Å². The molecule has 1 N–H and O–H groups in total. The number of fused-ring (bicyclic) bond motifs is 2. The molecular weight excluding hydrogens is 212 g/mol. The van der Waals surface area contributed by atoms with Crippen molar-refractivity contribution in [3.63, 3.8) is 0 Å². The van der Waals surface area contributed by atoms with Crippen molar-refractivity contribution in [2.45, 2.75) is 4.90 Å². The molecule has 1 aromatic heterocycles. The van der Waals surface area contributed by atoms with Crippen LogP contribution in [0, 0.1) is 0 Å². The van der Waals surface area contributed by atoms with E-state index in [0.29, 0.717) is 10.6 Å². The fourth-order valence-corrected chi connectivity index (χ4v) is 2.54.